The van der Waals surface area contributed by atoms with Gasteiger partial charge in [0.2, 0.25) is 0 Å². The standard InChI is InChI=1S/C10H16F3N3S/c1-2-6-16-9(3-4-15-16)8-14-5-7-17-10(11,12)13/h3-4,14H,2,5-8H2,1H3. The number of aryl methyl sites for hydroxylation is 1. The van der Waals surface area contributed by atoms with Crippen LogP contribution in [0.3, 0.4) is 0 Å². The summed E-state index contributed by atoms with van der Waals surface area (Å²) in [6, 6.07) is 1.87. The Bertz CT molecular complexity index is 325. The van der Waals surface area contributed by atoms with Crippen molar-refractivity contribution in [3.05, 3.63) is 18.0 Å². The molecule has 0 aliphatic carbocycles. The summed E-state index contributed by atoms with van der Waals surface area (Å²) >= 11 is 0.000299. The molecular weight excluding hydrogens is 251 g/mol. The molecule has 0 saturated carbocycles. The summed E-state index contributed by atoms with van der Waals surface area (Å²) in [5, 5.41) is 7.11. The first-order valence-electron chi connectivity index (χ1n) is 5.45. The molecule has 0 aliphatic rings. The van der Waals surface area contributed by atoms with E-state index in [1.54, 1.807) is 6.20 Å². The van der Waals surface area contributed by atoms with Crippen LogP contribution in [0, 0.1) is 0 Å². The van der Waals surface area contributed by atoms with E-state index in [-0.39, 0.29) is 17.5 Å². The Labute approximate surface area is 103 Å². The summed E-state index contributed by atoms with van der Waals surface area (Å²) in [6.07, 6.45) is 2.69. The predicted octanol–water partition coefficient (Wildman–Crippen LogP) is 2.64. The van der Waals surface area contributed by atoms with Gasteiger partial charge in [0.15, 0.2) is 0 Å². The Morgan fingerprint density at radius 2 is 2.24 bits per heavy atom. The second-order valence-corrected chi connectivity index (χ2v) is 4.68. The molecule has 1 N–H and O–H groups in total. The third-order valence-corrected chi connectivity index (χ3v) is 2.83. The van der Waals surface area contributed by atoms with E-state index in [0.29, 0.717) is 13.1 Å². The molecule has 1 aromatic heterocycles. The quantitative estimate of drug-likeness (QED) is 0.770. The Balaban J connectivity index is 2.20. The van der Waals surface area contributed by atoms with E-state index in [1.807, 2.05) is 10.7 Å². The van der Waals surface area contributed by atoms with Crippen LogP contribution in [-0.2, 0) is 13.1 Å². The second-order valence-electron chi connectivity index (χ2n) is 3.52. The van der Waals surface area contributed by atoms with Crippen LogP contribution in [0.4, 0.5) is 13.2 Å². The highest BCUT2D eigenvalue weighted by Gasteiger charge is 2.27. The molecule has 0 aromatic carbocycles. The van der Waals surface area contributed by atoms with Gasteiger partial charge in [-0.3, -0.25) is 4.68 Å². The van der Waals surface area contributed by atoms with Gasteiger partial charge in [-0.15, -0.1) is 0 Å². The van der Waals surface area contributed by atoms with E-state index in [0.717, 1.165) is 18.7 Å². The maximum atomic E-state index is 11.8. The van der Waals surface area contributed by atoms with E-state index in [4.69, 9.17) is 0 Å². The Morgan fingerprint density at radius 3 is 2.88 bits per heavy atom. The van der Waals surface area contributed by atoms with Crippen LogP contribution in [0.5, 0.6) is 0 Å². The molecule has 17 heavy (non-hydrogen) atoms. The van der Waals surface area contributed by atoms with Crippen LogP contribution in [0.15, 0.2) is 12.3 Å². The predicted molar refractivity (Wildman–Crippen MR) is 62.7 cm³/mol. The SMILES string of the molecule is CCCn1nccc1CNCCSC(F)(F)F. The molecule has 0 spiro atoms. The van der Waals surface area contributed by atoms with Gasteiger partial charge < -0.3 is 5.32 Å². The van der Waals surface area contributed by atoms with Crippen molar-refractivity contribution in [1.29, 1.82) is 0 Å². The second kappa shape index (κ2) is 6.90. The Morgan fingerprint density at radius 1 is 1.47 bits per heavy atom. The average molecular weight is 267 g/mol. The molecule has 0 radical (unpaired) electrons. The molecule has 0 bridgehead atoms. The fourth-order valence-electron chi connectivity index (χ4n) is 1.38. The van der Waals surface area contributed by atoms with Gasteiger partial charge >= 0.3 is 5.51 Å². The van der Waals surface area contributed by atoms with Gasteiger partial charge in [-0.25, -0.2) is 0 Å². The van der Waals surface area contributed by atoms with Crippen molar-refractivity contribution in [2.75, 3.05) is 12.3 Å². The van der Waals surface area contributed by atoms with E-state index < -0.39 is 5.51 Å². The molecule has 0 fully saturated rings. The van der Waals surface area contributed by atoms with Crippen molar-refractivity contribution >= 4 is 11.8 Å². The Kier molecular flexibility index (Phi) is 5.84. The van der Waals surface area contributed by atoms with Crippen LogP contribution in [-0.4, -0.2) is 27.6 Å². The minimum Gasteiger partial charge on any atom is -0.310 e. The summed E-state index contributed by atoms with van der Waals surface area (Å²) in [5.41, 5.74) is -3.13. The van der Waals surface area contributed by atoms with E-state index in [1.165, 1.54) is 0 Å². The van der Waals surface area contributed by atoms with Crippen molar-refractivity contribution in [1.82, 2.24) is 15.1 Å². The largest absolute Gasteiger partial charge is 0.441 e. The smallest absolute Gasteiger partial charge is 0.310 e. The monoisotopic (exact) mass is 267 g/mol. The van der Waals surface area contributed by atoms with Gasteiger partial charge in [0.05, 0.1) is 5.69 Å². The maximum Gasteiger partial charge on any atom is 0.441 e. The van der Waals surface area contributed by atoms with Crippen molar-refractivity contribution in [2.45, 2.75) is 31.9 Å². The normalized spacial score (nSPS) is 12.0. The van der Waals surface area contributed by atoms with E-state index in [9.17, 15) is 13.2 Å². The number of nitrogens with zero attached hydrogens (tertiary/aromatic N) is 2. The summed E-state index contributed by atoms with van der Waals surface area (Å²) in [6.45, 7) is 3.78. The van der Waals surface area contributed by atoms with E-state index in [2.05, 4.69) is 17.3 Å². The molecule has 3 nitrogen and oxygen atoms in total. The summed E-state index contributed by atoms with van der Waals surface area (Å²) in [7, 11) is 0. The van der Waals surface area contributed by atoms with Crippen LogP contribution >= 0.6 is 11.8 Å². The lowest BCUT2D eigenvalue weighted by atomic mass is 10.4. The highest BCUT2D eigenvalue weighted by molar-refractivity contribution is 8.00. The number of hydrogen-bond donors (Lipinski definition) is 1. The number of rotatable bonds is 7. The van der Waals surface area contributed by atoms with Gasteiger partial charge in [-0.2, -0.15) is 18.3 Å². The lowest BCUT2D eigenvalue weighted by Gasteiger charge is -2.08. The van der Waals surface area contributed by atoms with Gasteiger partial charge in [-0.05, 0) is 24.2 Å². The van der Waals surface area contributed by atoms with Gasteiger partial charge in [0.1, 0.15) is 0 Å². The van der Waals surface area contributed by atoms with Crippen molar-refractivity contribution in [3.63, 3.8) is 0 Å². The highest BCUT2D eigenvalue weighted by atomic mass is 32.2. The molecule has 0 atom stereocenters. The zero-order chi connectivity index (χ0) is 12.7. The third-order valence-electron chi connectivity index (χ3n) is 2.09. The molecule has 7 heteroatoms. The van der Waals surface area contributed by atoms with E-state index >= 15 is 0 Å². The van der Waals surface area contributed by atoms with Crippen molar-refractivity contribution < 1.29 is 13.2 Å². The molecule has 98 valence electrons. The summed E-state index contributed by atoms with van der Waals surface area (Å²) in [5.74, 6) is 0.0331. The van der Waals surface area contributed by atoms with Crippen molar-refractivity contribution in [3.8, 4) is 0 Å². The van der Waals surface area contributed by atoms with Gasteiger partial charge in [0, 0.05) is 31.6 Å². The number of nitrogens with one attached hydrogen (secondary N) is 1. The number of thioether (sulfide) groups is 1. The van der Waals surface area contributed by atoms with Crippen LogP contribution in [0.25, 0.3) is 0 Å². The Hall–Kier alpha value is -0.690. The first-order valence-corrected chi connectivity index (χ1v) is 6.43. The zero-order valence-corrected chi connectivity index (χ0v) is 10.4. The fraction of sp³-hybridized carbons (Fsp3) is 0.700. The van der Waals surface area contributed by atoms with Crippen LogP contribution < -0.4 is 5.32 Å². The molecule has 1 aromatic rings. The third kappa shape index (κ3) is 5.97. The summed E-state index contributed by atoms with van der Waals surface area (Å²) < 4.78 is 37.4. The lowest BCUT2D eigenvalue weighted by Crippen LogP contribution is -2.20. The summed E-state index contributed by atoms with van der Waals surface area (Å²) in [4.78, 5) is 0. The minimum atomic E-state index is -4.13. The van der Waals surface area contributed by atoms with Gasteiger partial charge in [-0.1, -0.05) is 6.92 Å². The zero-order valence-electron chi connectivity index (χ0n) is 9.63. The molecule has 0 saturated heterocycles. The molecule has 0 amide bonds. The number of aromatic nitrogens is 2. The first kappa shape index (κ1) is 14.4. The minimum absolute atomic E-state index is 0.000299. The molecular formula is C10H16F3N3S. The molecule has 1 heterocycles. The first-order chi connectivity index (χ1) is 8.03. The van der Waals surface area contributed by atoms with Crippen LogP contribution in [0.1, 0.15) is 19.0 Å². The molecule has 1 rings (SSSR count). The topological polar surface area (TPSA) is 29.9 Å². The number of halogens is 3. The van der Waals surface area contributed by atoms with Crippen LogP contribution in [0.2, 0.25) is 0 Å². The number of alkyl halides is 3. The lowest BCUT2D eigenvalue weighted by molar-refractivity contribution is -0.0327. The maximum absolute atomic E-state index is 11.8. The molecule has 0 aliphatic heterocycles. The average Bonchev–Trinajstić information content (AvgIpc) is 2.64. The number of hydrogen-bond acceptors (Lipinski definition) is 3. The van der Waals surface area contributed by atoms with Gasteiger partial charge in [0.25, 0.3) is 0 Å². The molecule has 0 unspecified atom stereocenters. The fourth-order valence-corrected chi connectivity index (χ4v) is 1.86. The van der Waals surface area contributed by atoms with Crippen molar-refractivity contribution in [2.24, 2.45) is 0 Å². The highest BCUT2D eigenvalue weighted by Crippen LogP contribution is 2.29.